The van der Waals surface area contributed by atoms with E-state index >= 15 is 0 Å². The predicted octanol–water partition coefficient (Wildman–Crippen LogP) is 0.0152. The zero-order valence-electron chi connectivity index (χ0n) is 27.2. The van der Waals surface area contributed by atoms with Crippen molar-refractivity contribution in [3.8, 4) is 79.7 Å². The molecule has 0 radical (unpaired) electrons. The minimum Gasteiger partial charge on any atom is -0.504 e. The highest BCUT2D eigenvalue weighted by molar-refractivity contribution is 6.29. The van der Waals surface area contributed by atoms with E-state index in [-0.39, 0.29) is 0 Å². The molecular formula is C34H22O22. The van der Waals surface area contributed by atoms with Crippen molar-refractivity contribution in [2.75, 3.05) is 6.61 Å². The molecule has 22 nitrogen and oxygen atoms in total. The van der Waals surface area contributed by atoms with Crippen molar-refractivity contribution in [1.82, 2.24) is 0 Å². The van der Waals surface area contributed by atoms with Gasteiger partial charge in [-0.15, -0.1) is 0 Å². The maximum atomic E-state index is 14.0. The van der Waals surface area contributed by atoms with Crippen molar-refractivity contribution < 1.29 is 99.0 Å². The van der Waals surface area contributed by atoms with Gasteiger partial charge < -0.3 is 89.4 Å². The van der Waals surface area contributed by atoms with E-state index in [1.165, 1.54) is 0 Å². The first-order valence-corrected chi connectivity index (χ1v) is 15.7. The number of carbonyl (C=O) groups excluding carboxylic acids is 2. The van der Waals surface area contributed by atoms with Crippen molar-refractivity contribution in [3.63, 3.8) is 0 Å². The monoisotopic (exact) mass is 782 g/mol. The summed E-state index contributed by atoms with van der Waals surface area (Å²) in [4.78, 5) is 55.4. The number of phenolic OH excluding ortho intramolecular Hbond substituents is 10. The topological polar surface area (TPSA) is 385 Å². The lowest BCUT2D eigenvalue weighted by Gasteiger charge is -2.40. The number of carbonyl (C=O) groups is 2. The average molecular weight is 783 g/mol. The molecule has 1 fully saturated rings. The van der Waals surface area contributed by atoms with Crippen LogP contribution in [0.4, 0.5) is 0 Å². The Balaban J connectivity index is 1.62. The second kappa shape index (κ2) is 11.8. The van der Waals surface area contributed by atoms with Crippen LogP contribution in [0.1, 0.15) is 20.7 Å². The van der Waals surface area contributed by atoms with Crippen molar-refractivity contribution in [3.05, 3.63) is 44.1 Å². The van der Waals surface area contributed by atoms with E-state index in [9.17, 15) is 85.6 Å². The van der Waals surface area contributed by atoms with Gasteiger partial charge in [0, 0.05) is 33.0 Å². The van der Waals surface area contributed by atoms with Gasteiger partial charge in [-0.1, -0.05) is 0 Å². The first-order valence-electron chi connectivity index (χ1n) is 15.7. The minimum absolute atomic E-state index is 0.424. The van der Waals surface area contributed by atoms with Crippen LogP contribution >= 0.6 is 0 Å². The molecule has 0 saturated carbocycles. The molecule has 2 aliphatic rings. The molecule has 13 N–H and O–H groups in total. The third-order valence-electron chi connectivity index (χ3n) is 9.58. The highest BCUT2D eigenvalue weighted by atomic mass is 16.7. The molecule has 4 aromatic carbocycles. The largest absolute Gasteiger partial charge is 0.504 e. The van der Waals surface area contributed by atoms with Crippen molar-refractivity contribution in [2.45, 2.75) is 30.7 Å². The number of hydrogen-bond acceptors (Lipinski definition) is 22. The number of phenols is 10. The van der Waals surface area contributed by atoms with Crippen LogP contribution in [0.25, 0.3) is 55.0 Å². The SMILES string of the molecule is O=C1OC[C@H]2OC(O)[C@H](O)[C@@H](O)C2OC(=O)c2cc(O)c(O)c(O)c2-c2c(O)c(O)c3oc(=O)c4c(c(O)c(O)c5oc(=O)c2c3c54)-c2c1cc(O)c(O)c2O. The molecule has 6 bridgehead atoms. The quantitative estimate of drug-likeness (QED) is 0.0418. The Hall–Kier alpha value is -7.40. The first-order chi connectivity index (χ1) is 26.4. The number of cyclic esters (lactones) is 1. The second-order valence-corrected chi connectivity index (χ2v) is 12.6. The van der Waals surface area contributed by atoms with Crippen molar-refractivity contribution in [1.29, 1.82) is 0 Å². The Morgan fingerprint density at radius 3 is 1.39 bits per heavy atom. The molecule has 22 heteroatoms. The standard InChI is InChI=1S/C34H22O22/c35-6-1-4-9(19(39)17(6)37)11-15-13-14-16(33(50)56-28(13)23(43)21(11)41)12(22(42)24(44)29(14)55-32(15)49)10-5(2-7(36)18(38)20(10)40)31(48)54-27-8(3-52-30(4)47)53-34(51)26(46)25(27)45/h1-2,8,25-27,34-46,51H,3H2/t8-,25-,26-,27?,34?/m1/s1. The van der Waals surface area contributed by atoms with Gasteiger partial charge in [0.15, 0.2) is 58.1 Å². The predicted molar refractivity (Wildman–Crippen MR) is 177 cm³/mol. The fraction of sp³-hybridized carbons (Fsp3) is 0.176. The lowest BCUT2D eigenvalue weighted by molar-refractivity contribution is -0.285. The summed E-state index contributed by atoms with van der Waals surface area (Å²) in [6.07, 6.45) is -10.9. The molecule has 56 heavy (non-hydrogen) atoms. The summed E-state index contributed by atoms with van der Waals surface area (Å²) >= 11 is 0. The van der Waals surface area contributed by atoms with Gasteiger partial charge in [-0.05, 0) is 12.1 Å². The number of aliphatic hydroxyl groups excluding tert-OH is 3. The summed E-state index contributed by atoms with van der Waals surface area (Å²) in [7, 11) is 0. The summed E-state index contributed by atoms with van der Waals surface area (Å²) in [6.45, 7) is -1.15. The third kappa shape index (κ3) is 4.57. The van der Waals surface area contributed by atoms with Crippen LogP contribution < -0.4 is 11.3 Å². The highest BCUT2D eigenvalue weighted by Gasteiger charge is 2.48. The summed E-state index contributed by atoms with van der Waals surface area (Å²) < 4.78 is 26.3. The van der Waals surface area contributed by atoms with Crippen molar-refractivity contribution in [2.24, 2.45) is 0 Å². The van der Waals surface area contributed by atoms with Crippen LogP contribution in [0, 0.1) is 0 Å². The van der Waals surface area contributed by atoms with E-state index in [4.69, 9.17) is 23.0 Å². The van der Waals surface area contributed by atoms with Gasteiger partial charge in [0.25, 0.3) is 0 Å². The molecule has 4 heterocycles. The maximum absolute atomic E-state index is 14.0. The van der Waals surface area contributed by atoms with Gasteiger partial charge >= 0.3 is 23.2 Å². The molecule has 5 atom stereocenters. The molecule has 2 aliphatic heterocycles. The van der Waals surface area contributed by atoms with Crippen LogP contribution in [-0.4, -0.2) is 116 Å². The Morgan fingerprint density at radius 1 is 0.500 bits per heavy atom. The van der Waals surface area contributed by atoms with Gasteiger partial charge in [0.2, 0.25) is 23.0 Å². The number of aromatic hydroxyl groups is 10. The lowest BCUT2D eigenvalue weighted by atomic mass is 9.88. The van der Waals surface area contributed by atoms with E-state index in [0.717, 1.165) is 0 Å². The minimum atomic E-state index is -2.28. The first kappa shape index (κ1) is 35.6. The van der Waals surface area contributed by atoms with Gasteiger partial charge in [-0.25, -0.2) is 19.2 Å². The van der Waals surface area contributed by atoms with E-state index in [1.54, 1.807) is 0 Å². The molecule has 2 aromatic heterocycles. The van der Waals surface area contributed by atoms with Crippen LogP contribution in [0.15, 0.2) is 30.6 Å². The van der Waals surface area contributed by atoms with Crippen LogP contribution in [0.3, 0.4) is 0 Å². The number of ether oxygens (including phenoxy) is 3. The summed E-state index contributed by atoms with van der Waals surface area (Å²) in [5.41, 5.74) is -11.8. The van der Waals surface area contributed by atoms with Crippen LogP contribution in [-0.2, 0) is 14.2 Å². The Morgan fingerprint density at radius 2 is 0.929 bits per heavy atom. The number of fused-ring (bicyclic) bond motifs is 5. The van der Waals surface area contributed by atoms with E-state index < -0.39 is 184 Å². The zero-order chi connectivity index (χ0) is 40.6. The molecule has 290 valence electrons. The summed E-state index contributed by atoms with van der Waals surface area (Å²) in [6, 6.07) is 0.887. The number of aliphatic hydroxyl groups is 3. The molecule has 2 unspecified atom stereocenters. The average Bonchev–Trinajstić information content (AvgIpc) is 3.15. The second-order valence-electron chi connectivity index (χ2n) is 12.6. The van der Waals surface area contributed by atoms with E-state index in [0.29, 0.717) is 12.1 Å². The maximum Gasteiger partial charge on any atom is 0.345 e. The third-order valence-corrected chi connectivity index (χ3v) is 9.58. The molecule has 1 saturated heterocycles. The number of hydrogen-bond donors (Lipinski definition) is 13. The lowest BCUT2D eigenvalue weighted by Crippen LogP contribution is -2.60. The zero-order valence-corrected chi connectivity index (χ0v) is 27.2. The molecular weight excluding hydrogens is 760 g/mol. The number of rotatable bonds is 0. The number of esters is 2. The molecule has 8 rings (SSSR count). The van der Waals surface area contributed by atoms with Gasteiger partial charge in [-0.2, -0.15) is 0 Å². The highest BCUT2D eigenvalue weighted by Crippen LogP contribution is 2.58. The smallest absolute Gasteiger partial charge is 0.345 e. The Kier molecular flexibility index (Phi) is 7.50. The van der Waals surface area contributed by atoms with Crippen LogP contribution in [0.5, 0.6) is 57.5 Å². The number of benzene rings is 4. The van der Waals surface area contributed by atoms with Crippen LogP contribution in [0.2, 0.25) is 0 Å². The van der Waals surface area contributed by atoms with Gasteiger partial charge in [0.05, 0.1) is 21.9 Å². The fourth-order valence-corrected chi connectivity index (χ4v) is 7.00. The fourth-order valence-electron chi connectivity index (χ4n) is 7.00. The molecule has 0 spiro atoms. The molecule has 0 amide bonds. The molecule has 0 aliphatic carbocycles. The van der Waals surface area contributed by atoms with E-state index in [2.05, 4.69) is 0 Å². The van der Waals surface area contributed by atoms with Crippen molar-refractivity contribution >= 4 is 44.6 Å². The summed E-state index contributed by atoms with van der Waals surface area (Å²) in [5, 5.41) is 137. The normalized spacial score (nSPS) is 21.3. The van der Waals surface area contributed by atoms with E-state index in [1.807, 2.05) is 0 Å². The van der Waals surface area contributed by atoms with Gasteiger partial charge in [-0.3, -0.25) is 0 Å². The Bertz CT molecular complexity index is 2870. The van der Waals surface area contributed by atoms with Gasteiger partial charge in [0.1, 0.15) is 24.9 Å². The molecule has 6 aromatic rings. The summed E-state index contributed by atoms with van der Waals surface area (Å²) in [5.74, 6) is -17.2. The Labute approximate surface area is 304 Å².